The molecule has 0 unspecified atom stereocenters. The quantitative estimate of drug-likeness (QED) is 0.801. The zero-order valence-electron chi connectivity index (χ0n) is 12.9. The molecule has 6 heteroatoms. The van der Waals surface area contributed by atoms with Crippen LogP contribution in [0.1, 0.15) is 57.8 Å². The Labute approximate surface area is 128 Å². The largest absolute Gasteiger partial charge is 0.348 e. The molecule has 3 aliphatic rings. The third-order valence-electron chi connectivity index (χ3n) is 5.42. The average molecular weight is 317 g/mol. The van der Waals surface area contributed by atoms with E-state index in [1.165, 1.54) is 6.42 Å². The van der Waals surface area contributed by atoms with Gasteiger partial charge in [-0.05, 0) is 25.7 Å². The van der Waals surface area contributed by atoms with Gasteiger partial charge in [0, 0.05) is 25.9 Å². The molecule has 3 fully saturated rings. The molecule has 2 saturated carbocycles. The average Bonchev–Trinajstić information content (AvgIpc) is 2.96. The number of rotatable bonds is 3. The van der Waals surface area contributed by atoms with Crippen LogP contribution in [0.2, 0.25) is 0 Å². The van der Waals surface area contributed by atoms with Crippen molar-refractivity contribution in [1.82, 2.24) is 4.31 Å². The van der Waals surface area contributed by atoms with Crippen LogP contribution in [-0.2, 0) is 19.5 Å². The molecule has 0 aromatic heterocycles. The molecule has 21 heavy (non-hydrogen) atoms. The molecule has 0 aromatic carbocycles. The highest BCUT2D eigenvalue weighted by atomic mass is 32.2. The first-order chi connectivity index (χ1) is 10.0. The second-order valence-electron chi connectivity index (χ2n) is 6.66. The van der Waals surface area contributed by atoms with Crippen molar-refractivity contribution in [2.24, 2.45) is 0 Å². The highest BCUT2D eigenvalue weighted by Gasteiger charge is 2.43. The number of hydrogen-bond donors (Lipinski definition) is 0. The van der Waals surface area contributed by atoms with Crippen molar-refractivity contribution in [2.75, 3.05) is 20.3 Å². The fraction of sp³-hybridized carbons (Fsp3) is 1.00. The summed E-state index contributed by atoms with van der Waals surface area (Å²) in [4.78, 5) is 0. The summed E-state index contributed by atoms with van der Waals surface area (Å²) in [6, 6.07) is 0.107. The molecular weight excluding hydrogens is 290 g/mol. The SMILES string of the molecule is CN(C1CCC2(CC1)OCCO2)S(=O)(=O)C1CCCCC1. The summed E-state index contributed by atoms with van der Waals surface area (Å²) in [5, 5.41) is -0.161. The molecule has 0 radical (unpaired) electrons. The first kappa shape index (κ1) is 15.7. The van der Waals surface area contributed by atoms with E-state index in [9.17, 15) is 8.42 Å². The van der Waals surface area contributed by atoms with E-state index in [1.807, 2.05) is 0 Å². The van der Waals surface area contributed by atoms with Crippen LogP contribution >= 0.6 is 0 Å². The van der Waals surface area contributed by atoms with Gasteiger partial charge in [-0.3, -0.25) is 0 Å². The van der Waals surface area contributed by atoms with Crippen molar-refractivity contribution in [3.8, 4) is 0 Å². The van der Waals surface area contributed by atoms with Crippen LogP contribution in [0.15, 0.2) is 0 Å². The Hall–Kier alpha value is -0.170. The number of nitrogens with zero attached hydrogens (tertiary/aromatic N) is 1. The smallest absolute Gasteiger partial charge is 0.216 e. The lowest BCUT2D eigenvalue weighted by Gasteiger charge is -2.39. The third-order valence-corrected chi connectivity index (χ3v) is 7.83. The van der Waals surface area contributed by atoms with E-state index in [4.69, 9.17) is 9.47 Å². The van der Waals surface area contributed by atoms with Gasteiger partial charge in [-0.15, -0.1) is 0 Å². The molecule has 1 saturated heterocycles. The summed E-state index contributed by atoms with van der Waals surface area (Å²) in [5.74, 6) is -0.411. The molecule has 1 heterocycles. The van der Waals surface area contributed by atoms with Crippen LogP contribution in [0.4, 0.5) is 0 Å². The van der Waals surface area contributed by atoms with E-state index in [2.05, 4.69) is 0 Å². The van der Waals surface area contributed by atoms with Gasteiger partial charge in [-0.1, -0.05) is 19.3 Å². The molecule has 1 spiro atoms. The van der Waals surface area contributed by atoms with Gasteiger partial charge in [-0.25, -0.2) is 12.7 Å². The molecule has 0 aromatic rings. The molecule has 5 nitrogen and oxygen atoms in total. The van der Waals surface area contributed by atoms with Crippen LogP contribution in [0.5, 0.6) is 0 Å². The summed E-state index contributed by atoms with van der Waals surface area (Å²) in [6.45, 7) is 1.34. The van der Waals surface area contributed by atoms with E-state index < -0.39 is 15.8 Å². The minimum atomic E-state index is -3.15. The monoisotopic (exact) mass is 317 g/mol. The second-order valence-corrected chi connectivity index (χ2v) is 8.93. The molecule has 0 atom stereocenters. The van der Waals surface area contributed by atoms with Crippen LogP contribution in [-0.4, -0.2) is 50.1 Å². The normalized spacial score (nSPS) is 28.5. The maximum atomic E-state index is 12.8. The lowest BCUT2D eigenvalue weighted by Crippen LogP contribution is -2.47. The van der Waals surface area contributed by atoms with E-state index in [0.717, 1.165) is 51.4 Å². The summed E-state index contributed by atoms with van der Waals surface area (Å²) >= 11 is 0. The van der Waals surface area contributed by atoms with Crippen LogP contribution in [0.25, 0.3) is 0 Å². The highest BCUT2D eigenvalue weighted by Crippen LogP contribution is 2.38. The Morgan fingerprint density at radius 1 is 0.952 bits per heavy atom. The molecule has 0 N–H and O–H groups in total. The zero-order valence-corrected chi connectivity index (χ0v) is 13.7. The van der Waals surface area contributed by atoms with Gasteiger partial charge in [0.1, 0.15) is 0 Å². The molecule has 122 valence electrons. The molecular formula is C15H27NO4S. The van der Waals surface area contributed by atoms with Crippen LogP contribution < -0.4 is 0 Å². The van der Waals surface area contributed by atoms with Gasteiger partial charge in [0.15, 0.2) is 5.79 Å². The zero-order chi connectivity index (χ0) is 14.9. The van der Waals surface area contributed by atoms with Crippen LogP contribution in [0, 0.1) is 0 Å². The molecule has 0 amide bonds. The minimum absolute atomic E-state index is 0.107. The number of sulfonamides is 1. The Morgan fingerprint density at radius 3 is 2.10 bits per heavy atom. The van der Waals surface area contributed by atoms with Crippen molar-refractivity contribution in [2.45, 2.75) is 74.9 Å². The first-order valence-corrected chi connectivity index (χ1v) is 9.79. The fourth-order valence-corrected chi connectivity index (χ4v) is 6.02. The van der Waals surface area contributed by atoms with Crippen molar-refractivity contribution >= 4 is 10.0 Å². The maximum absolute atomic E-state index is 12.8. The first-order valence-electron chi connectivity index (χ1n) is 8.28. The van der Waals surface area contributed by atoms with Crippen molar-refractivity contribution in [3.63, 3.8) is 0 Å². The minimum Gasteiger partial charge on any atom is -0.348 e. The van der Waals surface area contributed by atoms with Crippen molar-refractivity contribution < 1.29 is 17.9 Å². The van der Waals surface area contributed by atoms with Crippen molar-refractivity contribution in [1.29, 1.82) is 0 Å². The predicted molar refractivity (Wildman–Crippen MR) is 80.4 cm³/mol. The maximum Gasteiger partial charge on any atom is 0.216 e. The summed E-state index contributed by atoms with van der Waals surface area (Å²) in [6.07, 6.45) is 8.22. The molecule has 2 aliphatic carbocycles. The van der Waals surface area contributed by atoms with Gasteiger partial charge < -0.3 is 9.47 Å². The second kappa shape index (κ2) is 6.14. The number of hydrogen-bond acceptors (Lipinski definition) is 4. The fourth-order valence-electron chi connectivity index (χ4n) is 4.00. The van der Waals surface area contributed by atoms with Gasteiger partial charge in [0.25, 0.3) is 0 Å². The number of ether oxygens (including phenoxy) is 2. The Kier molecular flexibility index (Phi) is 4.60. The van der Waals surface area contributed by atoms with E-state index >= 15 is 0 Å². The summed E-state index contributed by atoms with van der Waals surface area (Å²) in [5.41, 5.74) is 0. The molecule has 0 bridgehead atoms. The molecule has 1 aliphatic heterocycles. The topological polar surface area (TPSA) is 55.8 Å². The van der Waals surface area contributed by atoms with E-state index in [-0.39, 0.29) is 11.3 Å². The standard InChI is InChI=1S/C15H27NO4S/c1-16(21(17,18)14-5-3-2-4-6-14)13-7-9-15(10-8-13)19-11-12-20-15/h13-14H,2-12H2,1H3. The summed E-state index contributed by atoms with van der Waals surface area (Å²) in [7, 11) is -1.38. The Balaban J connectivity index is 1.61. The molecule has 3 rings (SSSR count). The van der Waals surface area contributed by atoms with Crippen LogP contribution in [0.3, 0.4) is 0 Å². The van der Waals surface area contributed by atoms with Crippen molar-refractivity contribution in [3.05, 3.63) is 0 Å². The van der Waals surface area contributed by atoms with Gasteiger partial charge in [0.2, 0.25) is 10.0 Å². The van der Waals surface area contributed by atoms with E-state index in [0.29, 0.717) is 13.2 Å². The predicted octanol–water partition coefficient (Wildman–Crippen LogP) is 2.27. The summed E-state index contributed by atoms with van der Waals surface area (Å²) < 4.78 is 38.6. The van der Waals surface area contributed by atoms with E-state index in [1.54, 1.807) is 11.4 Å². The Bertz CT molecular complexity index is 442. The van der Waals surface area contributed by atoms with Gasteiger partial charge >= 0.3 is 0 Å². The third kappa shape index (κ3) is 3.14. The van der Waals surface area contributed by atoms with Gasteiger partial charge in [-0.2, -0.15) is 0 Å². The van der Waals surface area contributed by atoms with Gasteiger partial charge in [0.05, 0.1) is 18.5 Å². The Morgan fingerprint density at radius 2 is 1.52 bits per heavy atom. The highest BCUT2D eigenvalue weighted by molar-refractivity contribution is 7.89. The lowest BCUT2D eigenvalue weighted by molar-refractivity contribution is -0.181. The lowest BCUT2D eigenvalue weighted by atomic mass is 9.90.